The predicted molar refractivity (Wildman–Crippen MR) is 134 cm³/mol. The largest absolute Gasteiger partial charge is 0.493 e. The Labute approximate surface area is 203 Å². The summed E-state index contributed by atoms with van der Waals surface area (Å²) in [5.74, 6) is 1.76. The van der Waals surface area contributed by atoms with Gasteiger partial charge in [-0.2, -0.15) is 0 Å². The van der Waals surface area contributed by atoms with Crippen LogP contribution < -0.4 is 9.47 Å². The van der Waals surface area contributed by atoms with Gasteiger partial charge in [-0.25, -0.2) is 0 Å². The average Bonchev–Trinajstić information content (AvgIpc) is 2.67. The van der Waals surface area contributed by atoms with Crippen LogP contribution in [0.3, 0.4) is 0 Å². The lowest BCUT2D eigenvalue weighted by molar-refractivity contribution is 0.115. The van der Waals surface area contributed by atoms with E-state index in [1.807, 2.05) is 24.3 Å². The van der Waals surface area contributed by atoms with Gasteiger partial charge in [-0.05, 0) is 42.4 Å². The second-order valence-corrected chi connectivity index (χ2v) is 16.1. The summed E-state index contributed by atoms with van der Waals surface area (Å²) in [7, 11) is -1.74. The molecule has 0 amide bonds. The van der Waals surface area contributed by atoms with Crippen molar-refractivity contribution in [2.75, 3.05) is 13.2 Å². The van der Waals surface area contributed by atoms with E-state index in [4.69, 9.17) is 13.9 Å². The van der Waals surface area contributed by atoms with Gasteiger partial charge < -0.3 is 19.0 Å². The summed E-state index contributed by atoms with van der Waals surface area (Å²) >= 11 is 6.84. The summed E-state index contributed by atoms with van der Waals surface area (Å²) in [5.41, 5.74) is 2.09. The molecule has 0 radical (unpaired) electrons. The molecule has 2 aliphatic rings. The fourth-order valence-electron chi connectivity index (χ4n) is 3.33. The molecule has 2 aliphatic heterocycles. The van der Waals surface area contributed by atoms with Crippen LogP contribution in [0, 0.1) is 0 Å². The maximum atomic E-state index is 9.56. The number of benzene rings is 2. The quantitative estimate of drug-likeness (QED) is 0.378. The SMILES string of the molecule is CC(C)(C)[Si](C)(C)O[C@@H]1CCOc2cc(Br)ccc21.O[C@@H]1CCOc2cc(Br)ccc21. The van der Waals surface area contributed by atoms with E-state index in [1.54, 1.807) is 0 Å². The minimum absolute atomic E-state index is 0.178. The molecule has 0 spiro atoms. The van der Waals surface area contributed by atoms with Crippen LogP contribution in [0.5, 0.6) is 11.5 Å². The van der Waals surface area contributed by atoms with Crippen molar-refractivity contribution in [1.82, 2.24) is 0 Å². The Morgan fingerprint density at radius 2 is 1.42 bits per heavy atom. The predicted octanol–water partition coefficient (Wildman–Crippen LogP) is 7.56. The van der Waals surface area contributed by atoms with Crippen LogP contribution in [-0.2, 0) is 4.43 Å². The minimum atomic E-state index is -1.74. The number of aliphatic hydroxyl groups is 1. The Bertz CT molecular complexity index is 911. The Kier molecular flexibility index (Phi) is 7.96. The lowest BCUT2D eigenvalue weighted by Crippen LogP contribution is -2.42. The summed E-state index contributed by atoms with van der Waals surface area (Å²) in [6, 6.07) is 11.9. The van der Waals surface area contributed by atoms with Crippen LogP contribution in [-0.4, -0.2) is 26.6 Å². The van der Waals surface area contributed by atoms with Crippen LogP contribution >= 0.6 is 31.9 Å². The van der Waals surface area contributed by atoms with Gasteiger partial charge in [0, 0.05) is 32.9 Å². The first kappa shape index (κ1) is 24.8. The summed E-state index contributed by atoms with van der Waals surface area (Å²) in [5, 5.41) is 9.79. The fraction of sp³-hybridized carbons (Fsp3) is 0.500. The topological polar surface area (TPSA) is 47.9 Å². The molecule has 0 unspecified atom stereocenters. The van der Waals surface area contributed by atoms with Crippen molar-refractivity contribution in [3.05, 3.63) is 56.5 Å². The lowest BCUT2D eigenvalue weighted by Gasteiger charge is -2.40. The number of rotatable bonds is 2. The number of halogens is 2. The monoisotopic (exact) mass is 570 g/mol. The van der Waals surface area contributed by atoms with Crippen molar-refractivity contribution in [3.8, 4) is 11.5 Å². The molecule has 0 fully saturated rings. The number of hydrogen-bond donors (Lipinski definition) is 1. The molecule has 0 aromatic heterocycles. The van der Waals surface area contributed by atoms with Crippen LogP contribution in [0.2, 0.25) is 18.1 Å². The zero-order valence-electron chi connectivity index (χ0n) is 18.9. The standard InChI is InChI=1S/C15H23BrO2Si.C9H9BrO2/c1-15(2,3)19(4,5)18-13-8-9-17-14-10-11(16)6-7-12(13)14;10-6-1-2-7-8(11)3-4-12-9(7)5-6/h6-7,10,13H,8-9H2,1-5H3;1-2,5,8,11H,3-4H2/t13-;8-/m11/s1. The van der Waals surface area contributed by atoms with E-state index >= 15 is 0 Å². The van der Waals surface area contributed by atoms with Gasteiger partial charge in [-0.3, -0.25) is 0 Å². The van der Waals surface area contributed by atoms with Crippen LogP contribution in [0.1, 0.15) is 56.9 Å². The van der Waals surface area contributed by atoms with E-state index < -0.39 is 8.32 Å². The second-order valence-electron chi connectivity index (χ2n) is 9.52. The van der Waals surface area contributed by atoms with Crippen molar-refractivity contribution in [2.24, 2.45) is 0 Å². The molecule has 2 aromatic carbocycles. The van der Waals surface area contributed by atoms with E-state index in [9.17, 15) is 5.11 Å². The summed E-state index contributed by atoms with van der Waals surface area (Å²) in [6.45, 7) is 12.8. The maximum Gasteiger partial charge on any atom is 0.192 e. The molecule has 0 saturated carbocycles. The highest BCUT2D eigenvalue weighted by molar-refractivity contribution is 9.10. The normalized spacial score (nSPS) is 20.4. The third-order valence-corrected chi connectivity index (χ3v) is 11.7. The molecule has 2 atom stereocenters. The molecule has 2 heterocycles. The smallest absolute Gasteiger partial charge is 0.192 e. The highest BCUT2D eigenvalue weighted by atomic mass is 79.9. The van der Waals surface area contributed by atoms with Gasteiger partial charge in [0.2, 0.25) is 0 Å². The zero-order chi connectivity index (χ0) is 22.8. The Morgan fingerprint density at radius 1 is 0.903 bits per heavy atom. The minimum Gasteiger partial charge on any atom is -0.493 e. The van der Waals surface area contributed by atoms with Crippen molar-refractivity contribution in [2.45, 2.75) is 64.0 Å². The Hall–Kier alpha value is -0.863. The third kappa shape index (κ3) is 6.14. The fourth-order valence-corrected chi connectivity index (χ4v) is 5.32. The van der Waals surface area contributed by atoms with Crippen molar-refractivity contribution >= 4 is 40.2 Å². The first-order valence-corrected chi connectivity index (χ1v) is 15.2. The maximum absolute atomic E-state index is 9.56. The molecule has 7 heteroatoms. The van der Waals surface area contributed by atoms with Crippen molar-refractivity contribution in [1.29, 1.82) is 0 Å². The molecule has 1 N–H and O–H groups in total. The molecule has 170 valence electrons. The summed E-state index contributed by atoms with van der Waals surface area (Å²) in [6.07, 6.45) is 1.45. The number of hydrogen-bond acceptors (Lipinski definition) is 4. The average molecular weight is 572 g/mol. The van der Waals surface area contributed by atoms with Crippen LogP contribution in [0.25, 0.3) is 0 Å². The molecule has 0 saturated heterocycles. The van der Waals surface area contributed by atoms with Gasteiger partial charge in [0.25, 0.3) is 0 Å². The first-order valence-electron chi connectivity index (χ1n) is 10.7. The zero-order valence-corrected chi connectivity index (χ0v) is 23.0. The second kappa shape index (κ2) is 9.95. The molecular formula is C24H32Br2O4Si. The molecule has 31 heavy (non-hydrogen) atoms. The van der Waals surface area contributed by atoms with E-state index in [1.165, 1.54) is 5.56 Å². The van der Waals surface area contributed by atoms with Gasteiger partial charge in [-0.15, -0.1) is 0 Å². The Balaban J connectivity index is 0.000000194. The molecule has 0 bridgehead atoms. The van der Waals surface area contributed by atoms with Gasteiger partial charge in [0.15, 0.2) is 8.32 Å². The summed E-state index contributed by atoms with van der Waals surface area (Å²) in [4.78, 5) is 0. The molecule has 4 nitrogen and oxygen atoms in total. The number of aliphatic hydroxyl groups excluding tert-OH is 1. The van der Waals surface area contributed by atoms with E-state index in [-0.39, 0.29) is 17.2 Å². The Morgan fingerprint density at radius 3 is 2.00 bits per heavy atom. The van der Waals surface area contributed by atoms with Gasteiger partial charge in [-0.1, -0.05) is 64.8 Å². The van der Waals surface area contributed by atoms with Gasteiger partial charge >= 0.3 is 0 Å². The highest BCUT2D eigenvalue weighted by Gasteiger charge is 2.40. The molecule has 2 aromatic rings. The first-order chi connectivity index (χ1) is 14.5. The van der Waals surface area contributed by atoms with Gasteiger partial charge in [0.1, 0.15) is 11.5 Å². The number of fused-ring (bicyclic) bond motifs is 2. The molecular weight excluding hydrogens is 540 g/mol. The highest BCUT2D eigenvalue weighted by Crippen LogP contribution is 2.44. The van der Waals surface area contributed by atoms with E-state index in [2.05, 4.69) is 77.9 Å². The van der Waals surface area contributed by atoms with Crippen molar-refractivity contribution < 1.29 is 19.0 Å². The molecule has 4 rings (SSSR count). The van der Waals surface area contributed by atoms with Gasteiger partial charge in [0.05, 0.1) is 25.4 Å². The molecule has 0 aliphatic carbocycles. The number of ether oxygens (including phenoxy) is 2. The lowest BCUT2D eigenvalue weighted by atomic mass is 10.0. The van der Waals surface area contributed by atoms with Crippen molar-refractivity contribution in [3.63, 3.8) is 0 Å². The van der Waals surface area contributed by atoms with E-state index in [0.717, 1.165) is 39.0 Å². The van der Waals surface area contributed by atoms with E-state index in [0.29, 0.717) is 13.0 Å². The third-order valence-electron chi connectivity index (χ3n) is 6.19. The van der Waals surface area contributed by atoms with Crippen LogP contribution in [0.15, 0.2) is 45.3 Å². The summed E-state index contributed by atoms with van der Waals surface area (Å²) < 4.78 is 19.7. The van der Waals surface area contributed by atoms with Crippen LogP contribution in [0.4, 0.5) is 0 Å².